The van der Waals surface area contributed by atoms with Crippen molar-refractivity contribution < 1.29 is 33.0 Å². The zero-order valence-electron chi connectivity index (χ0n) is 40.5. The van der Waals surface area contributed by atoms with Crippen LogP contribution in [-0.2, 0) is 52.4 Å². The number of carbonyl (C=O) groups excluding carboxylic acids is 2. The van der Waals surface area contributed by atoms with E-state index in [1.165, 1.54) is 32.7 Å². The lowest BCUT2D eigenvalue weighted by atomic mass is 9.95. The third-order valence-electron chi connectivity index (χ3n) is 12.5. The number of esters is 1. The highest BCUT2D eigenvalue weighted by Gasteiger charge is 2.50. The van der Waals surface area contributed by atoms with Crippen LogP contribution in [0.3, 0.4) is 0 Å². The minimum absolute atomic E-state index is 0.112. The summed E-state index contributed by atoms with van der Waals surface area (Å²) in [7, 11) is -1.70. The summed E-state index contributed by atoms with van der Waals surface area (Å²) in [6.07, 6.45) is 12.3. The van der Waals surface area contributed by atoms with E-state index < -0.39 is 45.3 Å². The Bertz CT molecular complexity index is 2200. The van der Waals surface area contributed by atoms with E-state index in [0.717, 1.165) is 95.5 Å². The molecular weight excluding hydrogens is 839 g/mol. The zero-order chi connectivity index (χ0) is 46.6. The van der Waals surface area contributed by atoms with E-state index in [-0.39, 0.29) is 25.1 Å². The first-order chi connectivity index (χ1) is 32.0. The molecule has 0 radical (unpaired) electrons. The van der Waals surface area contributed by atoms with Crippen molar-refractivity contribution in [2.24, 2.45) is 0 Å². The van der Waals surface area contributed by atoms with Crippen molar-refractivity contribution in [3.8, 4) is 0 Å². The average molecular weight is 916 g/mol. The summed E-state index contributed by atoms with van der Waals surface area (Å²) in [5.74, 6) is -0.409. The number of amides is 1. The smallest absolute Gasteiger partial charge is 0.306 e. The van der Waals surface area contributed by atoms with Crippen molar-refractivity contribution in [2.45, 2.75) is 179 Å². The molecule has 0 aromatic heterocycles. The van der Waals surface area contributed by atoms with Crippen LogP contribution in [0, 0.1) is 0 Å². The fourth-order valence-electron chi connectivity index (χ4n) is 9.13. The van der Waals surface area contributed by atoms with Gasteiger partial charge in [0.15, 0.2) is 21.4 Å². The minimum atomic E-state index is -1.70. The summed E-state index contributed by atoms with van der Waals surface area (Å²) in [5.41, 5.74) is 3.36. The van der Waals surface area contributed by atoms with Crippen molar-refractivity contribution in [3.05, 3.63) is 132 Å². The largest absolute Gasteiger partial charge is 0.457 e. The molecule has 0 spiro atoms. The molecular formula is C57H77NO7Si. The molecule has 1 N–H and O–H groups in total. The third-order valence-corrected chi connectivity index (χ3v) is 13.4. The van der Waals surface area contributed by atoms with Crippen LogP contribution in [0.15, 0.2) is 115 Å². The normalized spacial score (nSPS) is 18.8. The highest BCUT2D eigenvalue weighted by Crippen LogP contribution is 2.31. The maximum absolute atomic E-state index is 13.9. The maximum atomic E-state index is 13.9. The number of nitrogens with one attached hydrogen (secondary N) is 1. The molecule has 0 bridgehead atoms. The average Bonchev–Trinajstić information content (AvgIpc) is 3.31. The van der Waals surface area contributed by atoms with Crippen LogP contribution in [0.4, 0.5) is 0 Å². The highest BCUT2D eigenvalue weighted by molar-refractivity contribution is 6.48. The standard InChI is InChI=1S/C57H77NO7Si/c1-57(2,3)62-42-50-54(65-66(4)5)55(64-52(60)40-20-13-9-7-11-18-30-45-34-26-36-47-32-22-24-38-49(45)47)53(56(63-50)61-41-43-27-15-14-16-28-43)58-51(59)39-19-12-8-6-10-17-29-44-33-25-35-46-31-21-23-37-48(44)46/h14-16,21-28,31-38,50,53-56,66H,6-13,17-20,29-30,39-42H2,1-5H3,(H,58,59)/t50-,53-,54-,55-,56-/m1/s1. The summed E-state index contributed by atoms with van der Waals surface area (Å²) >= 11 is 0. The monoisotopic (exact) mass is 916 g/mol. The summed E-state index contributed by atoms with van der Waals surface area (Å²) < 4.78 is 32.7. The molecule has 1 fully saturated rings. The van der Waals surface area contributed by atoms with Gasteiger partial charge in [0.2, 0.25) is 5.91 Å². The van der Waals surface area contributed by atoms with Crippen LogP contribution in [0.5, 0.6) is 0 Å². The number of carbonyl (C=O) groups is 2. The second-order valence-corrected chi connectivity index (χ2v) is 21.8. The SMILES string of the molecule is C[SiH](C)O[C@H]1[C@H](OC(=O)CCCCCCCCc2cccc3ccccc23)[C@@H](NC(=O)CCCCCCCCc2cccc3ccccc23)[C@H](OCc2ccccc2)O[C@@H]1COC(C)(C)C. The quantitative estimate of drug-likeness (QED) is 0.0319. The van der Waals surface area contributed by atoms with Gasteiger partial charge >= 0.3 is 5.97 Å². The van der Waals surface area contributed by atoms with Gasteiger partial charge in [0.05, 0.1) is 18.8 Å². The summed E-state index contributed by atoms with van der Waals surface area (Å²) in [6, 6.07) is 39.5. The first kappa shape index (κ1) is 51.0. The number of aryl methyl sites for hydroxylation is 2. The van der Waals surface area contributed by atoms with Crippen LogP contribution >= 0.6 is 0 Å². The Morgan fingerprint density at radius 3 is 1.70 bits per heavy atom. The molecule has 5 aromatic carbocycles. The molecule has 5 aromatic rings. The molecule has 1 saturated heterocycles. The molecule has 8 nitrogen and oxygen atoms in total. The number of hydrogen-bond donors (Lipinski definition) is 1. The topological polar surface area (TPSA) is 92.3 Å². The van der Waals surface area contributed by atoms with Crippen LogP contribution in [0.2, 0.25) is 13.1 Å². The second kappa shape index (κ2) is 26.8. The Kier molecular flexibility index (Phi) is 20.7. The van der Waals surface area contributed by atoms with Crippen molar-refractivity contribution in [3.63, 3.8) is 0 Å². The van der Waals surface area contributed by atoms with E-state index in [1.54, 1.807) is 0 Å². The number of rotatable bonds is 27. The lowest BCUT2D eigenvalue weighted by Crippen LogP contribution is -2.67. The molecule has 6 rings (SSSR count). The molecule has 9 heteroatoms. The van der Waals surface area contributed by atoms with Crippen molar-refractivity contribution in [1.82, 2.24) is 5.32 Å². The van der Waals surface area contributed by atoms with Gasteiger partial charge in [-0.3, -0.25) is 9.59 Å². The molecule has 0 unspecified atom stereocenters. The number of ether oxygens (including phenoxy) is 4. The van der Waals surface area contributed by atoms with E-state index in [2.05, 4.69) is 103 Å². The highest BCUT2D eigenvalue weighted by atomic mass is 28.3. The van der Waals surface area contributed by atoms with Gasteiger partial charge < -0.3 is 28.7 Å². The van der Waals surface area contributed by atoms with Crippen LogP contribution in [0.25, 0.3) is 21.5 Å². The van der Waals surface area contributed by atoms with E-state index in [4.69, 9.17) is 23.4 Å². The fraction of sp³-hybridized carbons (Fsp3) is 0.509. The van der Waals surface area contributed by atoms with Gasteiger partial charge in [-0.05, 0) is 111 Å². The van der Waals surface area contributed by atoms with Gasteiger partial charge in [-0.25, -0.2) is 0 Å². The van der Waals surface area contributed by atoms with Gasteiger partial charge in [0, 0.05) is 12.8 Å². The number of fused-ring (bicyclic) bond motifs is 2. The number of hydrogen-bond acceptors (Lipinski definition) is 7. The van der Waals surface area contributed by atoms with Gasteiger partial charge in [-0.15, -0.1) is 0 Å². The molecule has 0 saturated carbocycles. The predicted octanol–water partition coefficient (Wildman–Crippen LogP) is 12.8. The Balaban J connectivity index is 1.03. The van der Waals surface area contributed by atoms with Gasteiger partial charge in [-0.2, -0.15) is 0 Å². The lowest BCUT2D eigenvalue weighted by Gasteiger charge is -2.47. The van der Waals surface area contributed by atoms with Crippen molar-refractivity contribution in [1.29, 1.82) is 0 Å². The van der Waals surface area contributed by atoms with Gasteiger partial charge in [-0.1, -0.05) is 167 Å². The Labute approximate surface area is 397 Å². The first-order valence-corrected chi connectivity index (χ1v) is 27.8. The third kappa shape index (κ3) is 16.7. The predicted molar refractivity (Wildman–Crippen MR) is 271 cm³/mol. The van der Waals surface area contributed by atoms with E-state index in [1.807, 2.05) is 51.1 Å². The van der Waals surface area contributed by atoms with E-state index in [9.17, 15) is 9.59 Å². The number of benzene rings is 5. The van der Waals surface area contributed by atoms with Gasteiger partial charge in [0.1, 0.15) is 18.2 Å². The zero-order valence-corrected chi connectivity index (χ0v) is 41.7. The van der Waals surface area contributed by atoms with E-state index >= 15 is 0 Å². The first-order valence-electron chi connectivity index (χ1n) is 25.1. The molecule has 1 amide bonds. The molecule has 0 aliphatic carbocycles. The lowest BCUT2D eigenvalue weighted by molar-refractivity contribution is -0.279. The summed E-state index contributed by atoms with van der Waals surface area (Å²) in [6.45, 7) is 10.7. The fourth-order valence-corrected chi connectivity index (χ4v) is 10.1. The van der Waals surface area contributed by atoms with Crippen LogP contribution in [-0.4, -0.2) is 63.8 Å². The molecule has 356 valence electrons. The van der Waals surface area contributed by atoms with Crippen molar-refractivity contribution in [2.75, 3.05) is 6.61 Å². The Morgan fingerprint density at radius 1 is 0.606 bits per heavy atom. The van der Waals surface area contributed by atoms with E-state index in [0.29, 0.717) is 12.8 Å². The molecule has 5 atom stereocenters. The second-order valence-electron chi connectivity index (χ2n) is 19.5. The number of unbranched alkanes of at least 4 members (excludes halogenated alkanes) is 10. The molecule has 1 aliphatic rings. The maximum Gasteiger partial charge on any atom is 0.306 e. The van der Waals surface area contributed by atoms with Crippen molar-refractivity contribution >= 4 is 42.5 Å². The molecule has 66 heavy (non-hydrogen) atoms. The van der Waals surface area contributed by atoms with Crippen LogP contribution < -0.4 is 5.32 Å². The Hall–Kier alpha value is -4.38. The van der Waals surface area contributed by atoms with Crippen LogP contribution in [0.1, 0.15) is 127 Å². The summed E-state index contributed by atoms with van der Waals surface area (Å²) in [4.78, 5) is 27.7. The minimum Gasteiger partial charge on any atom is -0.457 e. The Morgan fingerprint density at radius 2 is 1.12 bits per heavy atom. The molecule has 1 aliphatic heterocycles. The summed E-state index contributed by atoms with van der Waals surface area (Å²) in [5, 5.41) is 8.54. The molecule has 1 heterocycles. The van der Waals surface area contributed by atoms with Gasteiger partial charge in [0.25, 0.3) is 0 Å².